The molecule has 1 aliphatic heterocycles. The second-order valence-electron chi connectivity index (χ2n) is 6.86. The van der Waals surface area contributed by atoms with E-state index >= 15 is 0 Å². The van der Waals surface area contributed by atoms with Crippen LogP contribution in [0.1, 0.15) is 18.1 Å². The molecule has 2 aromatic carbocycles. The van der Waals surface area contributed by atoms with Crippen LogP contribution in [0.2, 0.25) is 0 Å². The zero-order valence-corrected chi connectivity index (χ0v) is 15.8. The Hall–Kier alpha value is -2.43. The maximum Gasteiger partial charge on any atom is 0.246 e. The van der Waals surface area contributed by atoms with E-state index in [1.54, 1.807) is 6.08 Å². The fourth-order valence-electron chi connectivity index (χ4n) is 3.22. The highest BCUT2D eigenvalue weighted by atomic mass is 16.5. The minimum atomic E-state index is 0.0322. The Morgan fingerprint density at radius 3 is 2.11 bits per heavy atom. The van der Waals surface area contributed by atoms with E-state index < -0.39 is 0 Å². The van der Waals surface area contributed by atoms with Crippen LogP contribution in [-0.4, -0.2) is 36.6 Å². The largest absolute Gasteiger partial charge is 0.375 e. The van der Waals surface area contributed by atoms with Crippen LogP contribution in [-0.2, 0) is 27.5 Å². The summed E-state index contributed by atoms with van der Waals surface area (Å²) < 4.78 is 11.7. The van der Waals surface area contributed by atoms with Crippen molar-refractivity contribution in [2.24, 2.45) is 5.92 Å². The van der Waals surface area contributed by atoms with Crippen LogP contribution in [0.15, 0.2) is 72.8 Å². The highest BCUT2D eigenvalue weighted by molar-refractivity contribution is 5.88. The number of ether oxygens (including phenoxy) is 2. The van der Waals surface area contributed by atoms with Gasteiger partial charge in [-0.3, -0.25) is 4.79 Å². The van der Waals surface area contributed by atoms with Gasteiger partial charge < -0.3 is 14.4 Å². The molecule has 2 unspecified atom stereocenters. The topological polar surface area (TPSA) is 38.8 Å². The summed E-state index contributed by atoms with van der Waals surface area (Å²) in [6, 6.07) is 20.2. The molecule has 1 amide bonds. The van der Waals surface area contributed by atoms with Gasteiger partial charge in [-0.05, 0) is 23.1 Å². The van der Waals surface area contributed by atoms with E-state index in [0.29, 0.717) is 33.0 Å². The normalized spacial score (nSPS) is 19.4. The Balaban J connectivity index is 1.49. The summed E-state index contributed by atoms with van der Waals surface area (Å²) in [7, 11) is 0. The first kappa shape index (κ1) is 19.3. The molecule has 2 atom stereocenters. The van der Waals surface area contributed by atoms with Gasteiger partial charge in [0.1, 0.15) is 0 Å². The highest BCUT2D eigenvalue weighted by Crippen LogP contribution is 2.19. The Kier molecular flexibility index (Phi) is 7.19. The van der Waals surface area contributed by atoms with Crippen molar-refractivity contribution in [1.82, 2.24) is 4.90 Å². The Morgan fingerprint density at radius 2 is 1.48 bits per heavy atom. The molecule has 0 saturated heterocycles. The molecule has 0 N–H and O–H groups in total. The maximum atomic E-state index is 12.4. The Bertz CT molecular complexity index is 730. The molecule has 3 rings (SSSR count). The molecule has 142 valence electrons. The maximum absolute atomic E-state index is 12.4. The number of carbonyl (C=O) groups excluding carboxylic acids is 1. The van der Waals surface area contributed by atoms with Crippen molar-refractivity contribution in [3.05, 3.63) is 83.9 Å². The molecule has 4 nitrogen and oxygen atoms in total. The van der Waals surface area contributed by atoms with Crippen molar-refractivity contribution in [2.75, 3.05) is 19.8 Å². The van der Waals surface area contributed by atoms with Gasteiger partial charge in [-0.1, -0.05) is 73.7 Å². The molecule has 0 saturated carbocycles. The van der Waals surface area contributed by atoms with Gasteiger partial charge in [-0.2, -0.15) is 0 Å². The average Bonchev–Trinajstić information content (AvgIpc) is 2.71. The lowest BCUT2D eigenvalue weighted by Crippen LogP contribution is -2.49. The Morgan fingerprint density at radius 1 is 0.889 bits per heavy atom. The predicted molar refractivity (Wildman–Crippen MR) is 106 cm³/mol. The van der Waals surface area contributed by atoms with Crippen LogP contribution in [0, 0.1) is 5.92 Å². The molecule has 0 spiro atoms. The van der Waals surface area contributed by atoms with Gasteiger partial charge >= 0.3 is 0 Å². The summed E-state index contributed by atoms with van der Waals surface area (Å²) in [6.07, 6.45) is 3.63. The molecule has 1 aliphatic rings. The van der Waals surface area contributed by atoms with Gasteiger partial charge in [-0.25, -0.2) is 0 Å². The van der Waals surface area contributed by atoms with Crippen LogP contribution in [0.5, 0.6) is 0 Å². The molecule has 4 heteroatoms. The molecule has 0 bridgehead atoms. The van der Waals surface area contributed by atoms with E-state index in [1.807, 2.05) is 71.6 Å². The molecule has 27 heavy (non-hydrogen) atoms. The molecular formula is C23H27NO3. The predicted octanol–water partition coefficient (Wildman–Crippen LogP) is 3.82. The van der Waals surface area contributed by atoms with E-state index in [2.05, 4.69) is 6.92 Å². The number of hydrogen-bond donors (Lipinski definition) is 0. The molecule has 0 radical (unpaired) electrons. The molecule has 2 aromatic rings. The SMILES string of the molecule is CC1C=CC(=O)N(CCOCc2ccccc2)C1COCc1ccccc1. The van der Waals surface area contributed by atoms with Crippen LogP contribution < -0.4 is 0 Å². The summed E-state index contributed by atoms with van der Waals surface area (Å²) in [5.41, 5.74) is 2.28. The van der Waals surface area contributed by atoms with E-state index in [4.69, 9.17) is 9.47 Å². The van der Waals surface area contributed by atoms with Crippen molar-refractivity contribution in [3.63, 3.8) is 0 Å². The first-order valence-electron chi connectivity index (χ1n) is 9.46. The summed E-state index contributed by atoms with van der Waals surface area (Å²) in [5, 5.41) is 0. The van der Waals surface area contributed by atoms with Crippen LogP contribution >= 0.6 is 0 Å². The minimum absolute atomic E-state index is 0.0322. The summed E-state index contributed by atoms with van der Waals surface area (Å²) in [6.45, 7) is 4.84. The first-order valence-corrected chi connectivity index (χ1v) is 9.46. The van der Waals surface area contributed by atoms with Crippen molar-refractivity contribution < 1.29 is 14.3 Å². The van der Waals surface area contributed by atoms with Crippen molar-refractivity contribution in [3.8, 4) is 0 Å². The smallest absolute Gasteiger partial charge is 0.246 e. The number of amides is 1. The van der Waals surface area contributed by atoms with E-state index in [0.717, 1.165) is 11.1 Å². The molecule has 1 heterocycles. The lowest BCUT2D eigenvalue weighted by Gasteiger charge is -2.36. The third-order valence-corrected chi connectivity index (χ3v) is 4.82. The number of carbonyl (C=O) groups is 1. The van der Waals surface area contributed by atoms with Gasteiger partial charge in [0.15, 0.2) is 0 Å². The van der Waals surface area contributed by atoms with Crippen LogP contribution in [0.4, 0.5) is 0 Å². The minimum Gasteiger partial charge on any atom is -0.375 e. The van der Waals surface area contributed by atoms with Crippen LogP contribution in [0.3, 0.4) is 0 Å². The number of hydrogen-bond acceptors (Lipinski definition) is 3. The fraction of sp³-hybridized carbons (Fsp3) is 0.348. The zero-order valence-electron chi connectivity index (χ0n) is 15.8. The average molecular weight is 365 g/mol. The van der Waals surface area contributed by atoms with Crippen LogP contribution in [0.25, 0.3) is 0 Å². The van der Waals surface area contributed by atoms with Gasteiger partial charge in [0.2, 0.25) is 5.91 Å². The highest BCUT2D eigenvalue weighted by Gasteiger charge is 2.29. The lowest BCUT2D eigenvalue weighted by molar-refractivity contribution is -0.133. The third kappa shape index (κ3) is 5.78. The van der Waals surface area contributed by atoms with Gasteiger partial charge in [0.25, 0.3) is 0 Å². The van der Waals surface area contributed by atoms with Crippen molar-refractivity contribution in [1.29, 1.82) is 0 Å². The van der Waals surface area contributed by atoms with Gasteiger partial charge in [0.05, 0.1) is 32.5 Å². The number of nitrogens with zero attached hydrogens (tertiary/aromatic N) is 1. The van der Waals surface area contributed by atoms with Gasteiger partial charge in [0, 0.05) is 6.54 Å². The van der Waals surface area contributed by atoms with E-state index in [1.165, 1.54) is 0 Å². The molecular weight excluding hydrogens is 338 g/mol. The van der Waals surface area contributed by atoms with Crippen molar-refractivity contribution in [2.45, 2.75) is 26.2 Å². The molecule has 0 aromatic heterocycles. The summed E-state index contributed by atoms with van der Waals surface area (Å²) in [5.74, 6) is 0.289. The van der Waals surface area contributed by atoms with E-state index in [-0.39, 0.29) is 17.9 Å². The zero-order chi connectivity index (χ0) is 18.9. The summed E-state index contributed by atoms with van der Waals surface area (Å²) in [4.78, 5) is 14.3. The monoisotopic (exact) mass is 365 g/mol. The fourth-order valence-corrected chi connectivity index (χ4v) is 3.22. The number of benzene rings is 2. The number of rotatable bonds is 9. The molecule has 0 fully saturated rings. The Labute approximate surface area is 161 Å². The molecule has 0 aliphatic carbocycles. The second kappa shape index (κ2) is 10.0. The quantitative estimate of drug-likeness (QED) is 0.634. The second-order valence-corrected chi connectivity index (χ2v) is 6.86. The van der Waals surface area contributed by atoms with Gasteiger partial charge in [-0.15, -0.1) is 0 Å². The van der Waals surface area contributed by atoms with Crippen molar-refractivity contribution >= 4 is 5.91 Å². The summed E-state index contributed by atoms with van der Waals surface area (Å²) >= 11 is 0. The first-order chi connectivity index (χ1) is 13.2. The van der Waals surface area contributed by atoms with E-state index in [9.17, 15) is 4.79 Å². The lowest BCUT2D eigenvalue weighted by atomic mass is 9.96. The standard InChI is InChI=1S/C23H27NO3/c1-19-12-13-23(25)24(14-15-26-16-20-8-4-2-5-9-20)22(19)18-27-17-21-10-6-3-7-11-21/h2-13,19,22H,14-18H2,1H3. The third-order valence-electron chi connectivity index (χ3n) is 4.82.